The third-order valence-corrected chi connectivity index (χ3v) is 6.39. The Bertz CT molecular complexity index is 739. The Labute approximate surface area is 148 Å². The van der Waals surface area contributed by atoms with E-state index >= 15 is 0 Å². The number of amides is 1. The fraction of sp³-hybridized carbons (Fsp3) is 0.588. The van der Waals surface area contributed by atoms with E-state index in [1.54, 1.807) is 6.07 Å². The van der Waals surface area contributed by atoms with E-state index in [1.807, 2.05) is 13.8 Å². The van der Waals surface area contributed by atoms with E-state index in [-0.39, 0.29) is 23.5 Å². The number of piperidine rings is 1. The summed E-state index contributed by atoms with van der Waals surface area (Å²) < 4.78 is 37.5. The summed E-state index contributed by atoms with van der Waals surface area (Å²) >= 11 is 0. The molecule has 1 aromatic carbocycles. The molecule has 0 unspecified atom stereocenters. The van der Waals surface area contributed by atoms with Crippen LogP contribution >= 0.6 is 0 Å². The molecule has 0 saturated carbocycles. The maximum atomic E-state index is 12.8. The molecule has 138 valence electrons. The molecule has 2 aliphatic heterocycles. The summed E-state index contributed by atoms with van der Waals surface area (Å²) in [6, 6.07) is 4.64. The first kappa shape index (κ1) is 18.0. The van der Waals surface area contributed by atoms with Crippen molar-refractivity contribution in [2.45, 2.75) is 31.6 Å². The Kier molecular flexibility index (Phi) is 5.19. The average molecular weight is 368 g/mol. The number of nitrogens with zero attached hydrogens (tertiary/aromatic N) is 1. The minimum Gasteiger partial charge on any atom is -0.454 e. The lowest BCUT2D eigenvalue weighted by Gasteiger charge is -2.30. The van der Waals surface area contributed by atoms with E-state index in [0.717, 1.165) is 0 Å². The van der Waals surface area contributed by atoms with E-state index in [9.17, 15) is 13.2 Å². The van der Waals surface area contributed by atoms with Crippen molar-refractivity contribution < 1.29 is 22.7 Å². The summed E-state index contributed by atoms with van der Waals surface area (Å²) in [7, 11) is -3.59. The van der Waals surface area contributed by atoms with Gasteiger partial charge >= 0.3 is 0 Å². The average Bonchev–Trinajstić information content (AvgIpc) is 3.07. The largest absolute Gasteiger partial charge is 0.454 e. The van der Waals surface area contributed by atoms with Gasteiger partial charge in [-0.15, -0.1) is 0 Å². The van der Waals surface area contributed by atoms with Gasteiger partial charge in [-0.1, -0.05) is 13.8 Å². The summed E-state index contributed by atoms with van der Waals surface area (Å²) in [5.74, 6) is 1.30. The molecular weight excluding hydrogens is 344 g/mol. The van der Waals surface area contributed by atoms with Gasteiger partial charge in [0, 0.05) is 31.6 Å². The van der Waals surface area contributed by atoms with E-state index in [1.165, 1.54) is 16.4 Å². The highest BCUT2D eigenvalue weighted by Crippen LogP contribution is 2.35. The fourth-order valence-corrected chi connectivity index (χ4v) is 4.48. The molecule has 1 amide bonds. The monoisotopic (exact) mass is 368 g/mol. The van der Waals surface area contributed by atoms with Crippen LogP contribution in [0.25, 0.3) is 0 Å². The van der Waals surface area contributed by atoms with Crippen molar-refractivity contribution in [2.24, 2.45) is 11.8 Å². The first-order valence-electron chi connectivity index (χ1n) is 8.55. The maximum Gasteiger partial charge on any atom is 0.243 e. The zero-order chi connectivity index (χ0) is 18.0. The number of carbonyl (C=O) groups is 1. The van der Waals surface area contributed by atoms with Crippen LogP contribution in [0.2, 0.25) is 0 Å². The van der Waals surface area contributed by atoms with Gasteiger partial charge in [-0.3, -0.25) is 4.79 Å². The van der Waals surface area contributed by atoms with Crippen LogP contribution in [0.3, 0.4) is 0 Å². The van der Waals surface area contributed by atoms with Crippen molar-refractivity contribution in [3.8, 4) is 11.5 Å². The molecule has 2 heterocycles. The summed E-state index contributed by atoms with van der Waals surface area (Å²) in [4.78, 5) is 12.3. The SMILES string of the molecule is CC(C)CNC(=O)C1CCN(S(=O)(=O)c2ccc3c(c2)OCO3)CC1. The Morgan fingerprint density at radius 3 is 2.60 bits per heavy atom. The number of sulfonamides is 1. The number of fused-ring (bicyclic) bond motifs is 1. The Morgan fingerprint density at radius 2 is 1.92 bits per heavy atom. The lowest BCUT2D eigenvalue weighted by atomic mass is 9.97. The van der Waals surface area contributed by atoms with Gasteiger partial charge in [0.15, 0.2) is 11.5 Å². The molecule has 7 nitrogen and oxygen atoms in total. The topological polar surface area (TPSA) is 84.9 Å². The molecular formula is C17H24N2O5S. The van der Waals surface area contributed by atoms with Gasteiger partial charge in [0.05, 0.1) is 4.90 Å². The highest BCUT2D eigenvalue weighted by molar-refractivity contribution is 7.89. The first-order chi connectivity index (χ1) is 11.9. The lowest BCUT2D eigenvalue weighted by Crippen LogP contribution is -2.43. The van der Waals surface area contributed by atoms with Crippen molar-refractivity contribution in [1.82, 2.24) is 9.62 Å². The van der Waals surface area contributed by atoms with Gasteiger partial charge in [0.25, 0.3) is 0 Å². The van der Waals surface area contributed by atoms with Gasteiger partial charge in [-0.25, -0.2) is 8.42 Å². The molecule has 0 bridgehead atoms. The zero-order valence-corrected chi connectivity index (χ0v) is 15.3. The van der Waals surface area contributed by atoms with E-state index in [0.29, 0.717) is 49.9 Å². The molecule has 3 rings (SSSR count). The fourth-order valence-electron chi connectivity index (χ4n) is 2.99. The van der Waals surface area contributed by atoms with Crippen LogP contribution in [0.4, 0.5) is 0 Å². The number of nitrogens with one attached hydrogen (secondary N) is 1. The van der Waals surface area contributed by atoms with Crippen molar-refractivity contribution in [3.63, 3.8) is 0 Å². The Morgan fingerprint density at radius 1 is 1.24 bits per heavy atom. The molecule has 2 aliphatic rings. The number of carbonyl (C=O) groups excluding carboxylic acids is 1. The predicted octanol–water partition coefficient (Wildman–Crippen LogP) is 1.59. The quantitative estimate of drug-likeness (QED) is 0.853. The van der Waals surface area contributed by atoms with Crippen molar-refractivity contribution in [1.29, 1.82) is 0 Å². The predicted molar refractivity (Wildman–Crippen MR) is 91.9 cm³/mol. The molecule has 0 aromatic heterocycles. The number of hydrogen-bond donors (Lipinski definition) is 1. The van der Waals surface area contributed by atoms with Crippen LogP contribution in [0.15, 0.2) is 23.1 Å². The molecule has 0 atom stereocenters. The number of benzene rings is 1. The normalized spacial score (nSPS) is 18.5. The molecule has 0 spiro atoms. The highest BCUT2D eigenvalue weighted by Gasteiger charge is 2.32. The van der Waals surface area contributed by atoms with Gasteiger partial charge < -0.3 is 14.8 Å². The number of rotatable bonds is 5. The van der Waals surface area contributed by atoms with Crippen LogP contribution in [0, 0.1) is 11.8 Å². The van der Waals surface area contributed by atoms with Gasteiger partial charge in [-0.2, -0.15) is 4.31 Å². The van der Waals surface area contributed by atoms with Gasteiger partial charge in [-0.05, 0) is 30.9 Å². The van der Waals surface area contributed by atoms with E-state index in [4.69, 9.17) is 9.47 Å². The second-order valence-corrected chi connectivity index (χ2v) is 8.77. The molecule has 1 aromatic rings. The van der Waals surface area contributed by atoms with Crippen molar-refractivity contribution in [2.75, 3.05) is 26.4 Å². The molecule has 1 N–H and O–H groups in total. The van der Waals surface area contributed by atoms with Crippen LogP contribution < -0.4 is 14.8 Å². The number of ether oxygens (including phenoxy) is 2. The van der Waals surface area contributed by atoms with Crippen LogP contribution in [-0.2, 0) is 14.8 Å². The Hall–Kier alpha value is -1.80. The number of hydrogen-bond acceptors (Lipinski definition) is 5. The molecule has 0 aliphatic carbocycles. The van der Waals surface area contributed by atoms with E-state index in [2.05, 4.69) is 5.32 Å². The zero-order valence-electron chi connectivity index (χ0n) is 14.5. The van der Waals surface area contributed by atoms with Gasteiger partial charge in [0.1, 0.15) is 0 Å². The minimum absolute atomic E-state index is 0.0221. The van der Waals surface area contributed by atoms with Crippen molar-refractivity contribution in [3.05, 3.63) is 18.2 Å². The highest BCUT2D eigenvalue weighted by atomic mass is 32.2. The molecule has 0 radical (unpaired) electrons. The van der Waals surface area contributed by atoms with Gasteiger partial charge in [0.2, 0.25) is 22.7 Å². The first-order valence-corrected chi connectivity index (χ1v) is 9.99. The standard InChI is InChI=1S/C17H24N2O5S/c1-12(2)10-18-17(20)13-5-7-19(8-6-13)25(21,22)14-3-4-15-16(9-14)24-11-23-15/h3-4,9,12-13H,5-8,10-11H2,1-2H3,(H,18,20). The second kappa shape index (κ2) is 7.21. The smallest absolute Gasteiger partial charge is 0.243 e. The summed E-state index contributed by atoms with van der Waals surface area (Å²) in [5, 5.41) is 2.93. The third kappa shape index (κ3) is 3.90. The minimum atomic E-state index is -3.59. The maximum absolute atomic E-state index is 12.8. The summed E-state index contributed by atoms with van der Waals surface area (Å²) in [6.45, 7) is 5.53. The molecule has 1 fully saturated rings. The van der Waals surface area contributed by atoms with Crippen LogP contribution in [-0.4, -0.2) is 45.1 Å². The Balaban J connectivity index is 1.63. The van der Waals surface area contributed by atoms with E-state index < -0.39 is 10.0 Å². The third-order valence-electron chi connectivity index (χ3n) is 4.49. The van der Waals surface area contributed by atoms with Crippen molar-refractivity contribution >= 4 is 15.9 Å². The molecule has 25 heavy (non-hydrogen) atoms. The summed E-state index contributed by atoms with van der Waals surface area (Å²) in [6.07, 6.45) is 1.07. The molecule has 1 saturated heterocycles. The lowest BCUT2D eigenvalue weighted by molar-refractivity contribution is -0.126. The van der Waals surface area contributed by atoms with Crippen LogP contribution in [0.1, 0.15) is 26.7 Å². The van der Waals surface area contributed by atoms with Crippen LogP contribution in [0.5, 0.6) is 11.5 Å². The second-order valence-electron chi connectivity index (χ2n) is 6.83. The summed E-state index contributed by atoms with van der Waals surface area (Å²) in [5.41, 5.74) is 0. The molecule has 8 heteroatoms.